The number of esters is 1. The van der Waals surface area contributed by atoms with Gasteiger partial charge in [0, 0.05) is 20.6 Å². The number of hydrogen-bond donors (Lipinski definition) is 2. The molecule has 2 N–H and O–H groups in total. The van der Waals surface area contributed by atoms with Crippen molar-refractivity contribution in [3.63, 3.8) is 0 Å². The maximum atomic E-state index is 12.1. The molecular weight excluding hydrogens is 529 g/mol. The van der Waals surface area contributed by atoms with Gasteiger partial charge in [0.05, 0.1) is 18.3 Å². The summed E-state index contributed by atoms with van der Waals surface area (Å²) in [6, 6.07) is -0.163. The Kier molecular flexibility index (Phi) is 12.3. The van der Waals surface area contributed by atoms with E-state index in [1.54, 1.807) is 21.0 Å². The molecule has 1 fully saturated rings. The van der Waals surface area contributed by atoms with Crippen molar-refractivity contribution in [2.75, 3.05) is 33.8 Å². The molecule has 1 amide bonds. The second kappa shape index (κ2) is 13.9. The summed E-state index contributed by atoms with van der Waals surface area (Å²) in [4.78, 5) is 35.2. The van der Waals surface area contributed by atoms with Gasteiger partial charge in [-0.2, -0.15) is 0 Å². The highest BCUT2D eigenvalue weighted by atomic mass is 127. The van der Waals surface area contributed by atoms with Crippen LogP contribution in [0.25, 0.3) is 0 Å². The minimum absolute atomic E-state index is 0. The van der Waals surface area contributed by atoms with Gasteiger partial charge in [-0.15, -0.1) is 35.3 Å². The van der Waals surface area contributed by atoms with Crippen molar-refractivity contribution in [2.45, 2.75) is 58.9 Å². The number of nitrogens with zero attached hydrogens (tertiary/aromatic N) is 3. The maximum absolute atomic E-state index is 12.1. The molecule has 0 aromatic carbocycles. The van der Waals surface area contributed by atoms with Crippen molar-refractivity contribution in [2.24, 2.45) is 10.9 Å². The number of likely N-dealkylation sites (N-methyl/N-ethyl adjacent to an activating group) is 1. The van der Waals surface area contributed by atoms with E-state index >= 15 is 0 Å². The van der Waals surface area contributed by atoms with E-state index in [0.717, 1.165) is 11.6 Å². The van der Waals surface area contributed by atoms with Gasteiger partial charge >= 0.3 is 5.97 Å². The van der Waals surface area contributed by atoms with Crippen molar-refractivity contribution in [1.29, 1.82) is 0 Å². The highest BCUT2D eigenvalue weighted by Crippen LogP contribution is 2.25. The fourth-order valence-electron chi connectivity index (χ4n) is 3.33. The average molecular weight is 566 g/mol. The van der Waals surface area contributed by atoms with Crippen LogP contribution < -0.4 is 10.6 Å². The molecule has 1 aliphatic rings. The summed E-state index contributed by atoms with van der Waals surface area (Å²) in [5.74, 6) is 0.819. The molecule has 1 aliphatic carbocycles. The Morgan fingerprint density at radius 2 is 1.97 bits per heavy atom. The van der Waals surface area contributed by atoms with Crippen molar-refractivity contribution in [3.05, 3.63) is 15.6 Å². The zero-order valence-electron chi connectivity index (χ0n) is 19.2. The number of carbonyl (C=O) groups is 2. The van der Waals surface area contributed by atoms with E-state index in [1.165, 1.54) is 48.3 Å². The van der Waals surface area contributed by atoms with Gasteiger partial charge in [0.15, 0.2) is 5.96 Å². The molecule has 10 heteroatoms. The number of halogens is 1. The van der Waals surface area contributed by atoms with Gasteiger partial charge in [-0.3, -0.25) is 4.79 Å². The molecule has 1 saturated carbocycles. The van der Waals surface area contributed by atoms with Crippen LogP contribution in [0.2, 0.25) is 0 Å². The standard InChI is InChI=1S/C21H35N5O3S.HI/c1-6-29-20(28)18-14(2)24-19(30-18)15(3)25-21(23-13-17(27)26(4)5)22-12-16-10-8-7-9-11-16;/h15-16H,6-13H2,1-5H3,(H2,22,23,25);1H. The first-order valence-corrected chi connectivity index (χ1v) is 11.5. The molecule has 31 heavy (non-hydrogen) atoms. The Balaban J connectivity index is 0.00000480. The lowest BCUT2D eigenvalue weighted by Gasteiger charge is -2.24. The maximum Gasteiger partial charge on any atom is 0.350 e. The molecule has 1 unspecified atom stereocenters. The number of aryl methyl sites for hydroxylation is 1. The first-order chi connectivity index (χ1) is 14.3. The lowest BCUT2D eigenvalue weighted by Crippen LogP contribution is -2.42. The van der Waals surface area contributed by atoms with Crippen LogP contribution in [0.4, 0.5) is 0 Å². The van der Waals surface area contributed by atoms with Crippen molar-refractivity contribution in [1.82, 2.24) is 20.5 Å². The lowest BCUT2D eigenvalue weighted by molar-refractivity contribution is -0.127. The fraction of sp³-hybridized carbons (Fsp3) is 0.714. The third kappa shape index (κ3) is 8.91. The van der Waals surface area contributed by atoms with E-state index in [0.29, 0.717) is 29.1 Å². The van der Waals surface area contributed by atoms with Gasteiger partial charge in [-0.25, -0.2) is 14.8 Å². The van der Waals surface area contributed by atoms with Gasteiger partial charge in [-0.1, -0.05) is 19.3 Å². The number of amides is 1. The van der Waals surface area contributed by atoms with E-state index in [9.17, 15) is 9.59 Å². The predicted octanol–water partition coefficient (Wildman–Crippen LogP) is 3.51. The fourth-order valence-corrected chi connectivity index (χ4v) is 4.29. The smallest absolute Gasteiger partial charge is 0.350 e. The van der Waals surface area contributed by atoms with Gasteiger partial charge in [0.25, 0.3) is 0 Å². The summed E-state index contributed by atoms with van der Waals surface area (Å²) in [5, 5.41) is 7.52. The van der Waals surface area contributed by atoms with Gasteiger partial charge in [0.2, 0.25) is 5.91 Å². The summed E-state index contributed by atoms with van der Waals surface area (Å²) in [6.07, 6.45) is 6.31. The molecule has 0 saturated heterocycles. The van der Waals surface area contributed by atoms with Gasteiger partial charge < -0.3 is 20.3 Å². The Morgan fingerprint density at radius 1 is 1.29 bits per heavy atom. The third-order valence-electron chi connectivity index (χ3n) is 5.15. The summed E-state index contributed by atoms with van der Waals surface area (Å²) >= 11 is 1.33. The van der Waals surface area contributed by atoms with Crippen molar-refractivity contribution < 1.29 is 14.3 Å². The Hall–Kier alpha value is -1.43. The molecule has 1 aromatic heterocycles. The number of ether oxygens (including phenoxy) is 1. The van der Waals surface area contributed by atoms with Crippen molar-refractivity contribution in [3.8, 4) is 0 Å². The molecule has 0 radical (unpaired) electrons. The first-order valence-electron chi connectivity index (χ1n) is 10.7. The molecule has 2 rings (SSSR count). The number of aliphatic imine (C=N–C) groups is 1. The second-order valence-electron chi connectivity index (χ2n) is 7.89. The minimum Gasteiger partial charge on any atom is -0.462 e. The molecular formula is C21H36IN5O3S. The van der Waals surface area contributed by atoms with Crippen LogP contribution >= 0.6 is 35.3 Å². The summed E-state index contributed by atoms with van der Waals surface area (Å²) in [6.45, 7) is 6.81. The monoisotopic (exact) mass is 565 g/mol. The number of nitrogens with one attached hydrogen (secondary N) is 2. The van der Waals surface area contributed by atoms with Gasteiger partial charge in [0.1, 0.15) is 16.4 Å². The first kappa shape index (κ1) is 27.6. The molecule has 0 bridgehead atoms. The van der Waals surface area contributed by atoms with E-state index in [1.807, 2.05) is 13.8 Å². The Labute approximate surface area is 206 Å². The molecule has 1 aromatic rings. The molecule has 0 spiro atoms. The number of carbonyl (C=O) groups excluding carboxylic acids is 2. The predicted molar refractivity (Wildman–Crippen MR) is 135 cm³/mol. The van der Waals surface area contributed by atoms with Gasteiger partial charge in [-0.05, 0) is 39.5 Å². The number of rotatable bonds is 8. The van der Waals surface area contributed by atoms with E-state index in [-0.39, 0.29) is 48.4 Å². The highest BCUT2D eigenvalue weighted by molar-refractivity contribution is 14.0. The van der Waals surface area contributed by atoms with Crippen LogP contribution in [0.5, 0.6) is 0 Å². The largest absolute Gasteiger partial charge is 0.462 e. The van der Waals surface area contributed by atoms with Crippen LogP contribution in [0.3, 0.4) is 0 Å². The van der Waals surface area contributed by atoms with Crippen molar-refractivity contribution >= 4 is 53.1 Å². The zero-order valence-corrected chi connectivity index (χ0v) is 22.3. The molecule has 176 valence electrons. The van der Waals surface area contributed by atoms with Crippen LogP contribution in [-0.2, 0) is 9.53 Å². The van der Waals surface area contributed by atoms with E-state index in [4.69, 9.17) is 4.74 Å². The lowest BCUT2D eigenvalue weighted by atomic mass is 9.89. The van der Waals surface area contributed by atoms with Crippen LogP contribution in [0.1, 0.15) is 72.4 Å². The Morgan fingerprint density at radius 3 is 2.58 bits per heavy atom. The van der Waals surface area contributed by atoms with Crippen LogP contribution in [-0.4, -0.2) is 61.5 Å². The van der Waals surface area contributed by atoms with E-state index < -0.39 is 0 Å². The number of hydrogen-bond acceptors (Lipinski definition) is 6. The average Bonchev–Trinajstić information content (AvgIpc) is 3.12. The van der Waals surface area contributed by atoms with Crippen LogP contribution in [0.15, 0.2) is 4.99 Å². The zero-order chi connectivity index (χ0) is 22.1. The topological polar surface area (TPSA) is 95.9 Å². The number of guanidine groups is 1. The quantitative estimate of drug-likeness (QED) is 0.217. The summed E-state index contributed by atoms with van der Waals surface area (Å²) < 4.78 is 5.11. The minimum atomic E-state index is -0.341. The number of thiazole rings is 1. The summed E-state index contributed by atoms with van der Waals surface area (Å²) in [5.41, 5.74) is 0.665. The Bertz CT molecular complexity index is 747. The number of aromatic nitrogens is 1. The second-order valence-corrected chi connectivity index (χ2v) is 8.92. The molecule has 1 heterocycles. The SMILES string of the molecule is CCOC(=O)c1sc(C(C)NC(=NCC(=O)N(C)C)NCC2CCCCC2)nc1C.I. The third-order valence-corrected chi connectivity index (χ3v) is 6.47. The van der Waals surface area contributed by atoms with Crippen LogP contribution in [0, 0.1) is 12.8 Å². The van der Waals surface area contributed by atoms with E-state index in [2.05, 4.69) is 20.6 Å². The highest BCUT2D eigenvalue weighted by Gasteiger charge is 2.21. The molecule has 8 nitrogen and oxygen atoms in total. The summed E-state index contributed by atoms with van der Waals surface area (Å²) in [7, 11) is 3.44. The normalized spacial score (nSPS) is 15.6. The molecule has 1 atom stereocenters. The molecule has 0 aliphatic heterocycles.